The first kappa shape index (κ1) is 11.2. The first-order chi connectivity index (χ1) is 9.35. The Labute approximate surface area is 110 Å². The van der Waals surface area contributed by atoms with Gasteiger partial charge >= 0.3 is 0 Å². The normalized spacial score (nSPS) is 10.1. The monoisotopic (exact) mass is 246 g/mol. The number of hydrogen-bond donors (Lipinski definition) is 1. The Balaban J connectivity index is 1.94. The summed E-state index contributed by atoms with van der Waals surface area (Å²) in [5.41, 5.74) is 3.05. The molecule has 4 heteroatoms. The minimum absolute atomic E-state index is 0.388. The molecule has 3 aromatic rings. The maximum absolute atomic E-state index is 8.82. The zero-order valence-electron chi connectivity index (χ0n) is 10.0. The molecule has 4 nitrogen and oxygen atoms in total. The van der Waals surface area contributed by atoms with Gasteiger partial charge in [-0.15, -0.1) is 0 Å². The van der Waals surface area contributed by atoms with E-state index < -0.39 is 0 Å². The van der Waals surface area contributed by atoms with Crippen LogP contribution in [0.3, 0.4) is 0 Å². The van der Waals surface area contributed by atoms with E-state index in [1.54, 1.807) is 18.5 Å². The van der Waals surface area contributed by atoms with Crippen molar-refractivity contribution < 1.29 is 0 Å². The summed E-state index contributed by atoms with van der Waals surface area (Å²) in [5, 5.41) is 13.1. The van der Waals surface area contributed by atoms with Gasteiger partial charge in [-0.05, 0) is 24.3 Å². The van der Waals surface area contributed by atoms with Gasteiger partial charge in [-0.2, -0.15) is 5.26 Å². The molecule has 0 radical (unpaired) electrons. The minimum Gasteiger partial charge on any atom is -0.354 e. The molecule has 0 saturated carbocycles. The number of nitrogens with zero attached hydrogens (tertiary/aromatic N) is 3. The van der Waals surface area contributed by atoms with Gasteiger partial charge in [0.25, 0.3) is 0 Å². The predicted octanol–water partition coefficient (Wildman–Crippen LogP) is 3.25. The second kappa shape index (κ2) is 4.75. The topological polar surface area (TPSA) is 61.6 Å². The molecule has 2 aromatic heterocycles. The lowest BCUT2D eigenvalue weighted by atomic mass is 10.2. The zero-order chi connectivity index (χ0) is 13.1. The lowest BCUT2D eigenvalue weighted by Crippen LogP contribution is -1.93. The third-order valence-electron chi connectivity index (χ3n) is 2.75. The summed E-state index contributed by atoms with van der Waals surface area (Å²) in [6, 6.07) is 15.5. The molecule has 1 N–H and O–H groups in total. The zero-order valence-corrected chi connectivity index (χ0v) is 10.0. The molecule has 0 saturated heterocycles. The lowest BCUT2D eigenvalue weighted by Gasteiger charge is -2.07. The van der Waals surface area contributed by atoms with Crippen molar-refractivity contribution >= 4 is 22.3 Å². The molecule has 90 valence electrons. The fraction of sp³-hybridized carbons (Fsp3) is 0. The maximum Gasteiger partial charge on any atom is 0.142 e. The van der Waals surface area contributed by atoms with E-state index in [0.29, 0.717) is 5.69 Å². The van der Waals surface area contributed by atoms with Crippen LogP contribution in [0.4, 0.5) is 11.4 Å². The lowest BCUT2D eigenvalue weighted by molar-refractivity contribution is 1.26. The SMILES string of the molecule is N#Cc1cc(Nc2cnc3ccccc3c2)ccn1. The van der Waals surface area contributed by atoms with Crippen molar-refractivity contribution in [1.82, 2.24) is 9.97 Å². The number of nitriles is 1. The summed E-state index contributed by atoms with van der Waals surface area (Å²) < 4.78 is 0. The highest BCUT2D eigenvalue weighted by atomic mass is 14.9. The van der Waals surface area contributed by atoms with Crippen molar-refractivity contribution in [1.29, 1.82) is 5.26 Å². The summed E-state index contributed by atoms with van der Waals surface area (Å²) in [6.45, 7) is 0. The van der Waals surface area contributed by atoms with E-state index in [1.807, 2.05) is 42.5 Å². The van der Waals surface area contributed by atoms with Gasteiger partial charge in [-0.3, -0.25) is 4.98 Å². The van der Waals surface area contributed by atoms with E-state index in [4.69, 9.17) is 5.26 Å². The molecule has 0 aliphatic rings. The molecule has 0 unspecified atom stereocenters. The van der Waals surface area contributed by atoms with Gasteiger partial charge in [0.05, 0.1) is 17.4 Å². The predicted molar refractivity (Wildman–Crippen MR) is 74.0 cm³/mol. The van der Waals surface area contributed by atoms with Gasteiger partial charge in [0.15, 0.2) is 0 Å². The van der Waals surface area contributed by atoms with Gasteiger partial charge < -0.3 is 5.32 Å². The Kier molecular flexibility index (Phi) is 2.79. The van der Waals surface area contributed by atoms with Crippen molar-refractivity contribution in [3.05, 3.63) is 60.6 Å². The fourth-order valence-corrected chi connectivity index (χ4v) is 1.88. The molecule has 0 spiro atoms. The number of fused-ring (bicyclic) bond motifs is 1. The molecule has 19 heavy (non-hydrogen) atoms. The Hall–Kier alpha value is -2.93. The molecule has 2 heterocycles. The molecular formula is C15H10N4. The summed E-state index contributed by atoms with van der Waals surface area (Å²) in [5.74, 6) is 0. The van der Waals surface area contributed by atoms with E-state index in [2.05, 4.69) is 15.3 Å². The fourth-order valence-electron chi connectivity index (χ4n) is 1.88. The average Bonchev–Trinajstić information content (AvgIpc) is 2.47. The van der Waals surface area contributed by atoms with E-state index in [0.717, 1.165) is 22.3 Å². The molecule has 0 atom stereocenters. The smallest absolute Gasteiger partial charge is 0.142 e. The van der Waals surface area contributed by atoms with Gasteiger partial charge in [0.2, 0.25) is 0 Å². The van der Waals surface area contributed by atoms with Crippen LogP contribution in [0, 0.1) is 11.3 Å². The van der Waals surface area contributed by atoms with Crippen molar-refractivity contribution in [2.24, 2.45) is 0 Å². The first-order valence-corrected chi connectivity index (χ1v) is 5.83. The summed E-state index contributed by atoms with van der Waals surface area (Å²) in [4.78, 5) is 8.31. The van der Waals surface area contributed by atoms with Gasteiger partial charge in [-0.25, -0.2) is 4.98 Å². The summed E-state index contributed by atoms with van der Waals surface area (Å²) in [7, 11) is 0. The third-order valence-corrected chi connectivity index (χ3v) is 2.75. The van der Waals surface area contributed by atoms with Crippen LogP contribution in [-0.2, 0) is 0 Å². The number of para-hydroxylation sites is 1. The van der Waals surface area contributed by atoms with E-state index in [1.165, 1.54) is 0 Å². The number of pyridine rings is 2. The van der Waals surface area contributed by atoms with Crippen LogP contribution in [-0.4, -0.2) is 9.97 Å². The van der Waals surface area contributed by atoms with E-state index >= 15 is 0 Å². The molecule has 0 amide bonds. The Bertz CT molecular complexity index is 774. The number of aromatic nitrogens is 2. The summed E-state index contributed by atoms with van der Waals surface area (Å²) >= 11 is 0. The molecule has 0 bridgehead atoms. The Morgan fingerprint density at radius 2 is 1.89 bits per heavy atom. The first-order valence-electron chi connectivity index (χ1n) is 5.83. The quantitative estimate of drug-likeness (QED) is 0.754. The highest BCUT2D eigenvalue weighted by Gasteiger charge is 1.99. The van der Waals surface area contributed by atoms with Crippen LogP contribution in [0.15, 0.2) is 54.9 Å². The molecule has 0 aliphatic heterocycles. The molecular weight excluding hydrogens is 236 g/mol. The molecule has 3 rings (SSSR count). The van der Waals surface area contributed by atoms with Crippen LogP contribution in [0.1, 0.15) is 5.69 Å². The van der Waals surface area contributed by atoms with E-state index in [-0.39, 0.29) is 0 Å². The van der Waals surface area contributed by atoms with Crippen molar-refractivity contribution in [3.63, 3.8) is 0 Å². The van der Waals surface area contributed by atoms with Crippen molar-refractivity contribution in [3.8, 4) is 6.07 Å². The minimum atomic E-state index is 0.388. The van der Waals surface area contributed by atoms with Crippen LogP contribution in [0.25, 0.3) is 10.9 Å². The van der Waals surface area contributed by atoms with Crippen molar-refractivity contribution in [2.45, 2.75) is 0 Å². The number of rotatable bonds is 2. The Morgan fingerprint density at radius 1 is 1.00 bits per heavy atom. The second-order valence-electron chi connectivity index (χ2n) is 4.08. The Morgan fingerprint density at radius 3 is 2.79 bits per heavy atom. The number of hydrogen-bond acceptors (Lipinski definition) is 4. The second-order valence-corrected chi connectivity index (χ2v) is 4.08. The van der Waals surface area contributed by atoms with Crippen LogP contribution in [0.2, 0.25) is 0 Å². The standard InChI is InChI=1S/C15H10N4/c16-9-13-8-12(5-6-17-13)19-14-7-11-3-1-2-4-15(11)18-10-14/h1-8,10H,(H,17,19). The summed E-state index contributed by atoms with van der Waals surface area (Å²) in [6.07, 6.45) is 3.38. The number of benzene rings is 1. The largest absolute Gasteiger partial charge is 0.354 e. The van der Waals surface area contributed by atoms with Gasteiger partial charge in [0.1, 0.15) is 11.8 Å². The average molecular weight is 246 g/mol. The highest BCUT2D eigenvalue weighted by Crippen LogP contribution is 2.20. The molecule has 0 aliphatic carbocycles. The van der Waals surface area contributed by atoms with E-state index in [9.17, 15) is 0 Å². The maximum atomic E-state index is 8.82. The number of anilines is 2. The highest BCUT2D eigenvalue weighted by molar-refractivity contribution is 5.82. The van der Waals surface area contributed by atoms with Gasteiger partial charge in [0, 0.05) is 17.3 Å². The van der Waals surface area contributed by atoms with Crippen LogP contribution >= 0.6 is 0 Å². The van der Waals surface area contributed by atoms with Crippen LogP contribution < -0.4 is 5.32 Å². The molecule has 0 fully saturated rings. The van der Waals surface area contributed by atoms with Crippen molar-refractivity contribution in [2.75, 3.05) is 5.32 Å². The molecule has 1 aromatic carbocycles. The van der Waals surface area contributed by atoms with Gasteiger partial charge in [-0.1, -0.05) is 18.2 Å². The van der Waals surface area contributed by atoms with Crippen LogP contribution in [0.5, 0.6) is 0 Å². The third kappa shape index (κ3) is 2.35. The number of nitrogens with one attached hydrogen (secondary N) is 1.